The van der Waals surface area contributed by atoms with E-state index in [1.807, 2.05) is 0 Å². The van der Waals surface area contributed by atoms with E-state index in [1.54, 1.807) is 0 Å². The van der Waals surface area contributed by atoms with Crippen LogP contribution in [0.1, 0.15) is 5.56 Å². The van der Waals surface area contributed by atoms with Crippen molar-refractivity contribution in [2.45, 2.75) is 11.1 Å². The summed E-state index contributed by atoms with van der Waals surface area (Å²) in [7, 11) is 1.18. The molecule has 0 spiro atoms. The fourth-order valence-electron chi connectivity index (χ4n) is 0.954. The van der Waals surface area contributed by atoms with Gasteiger partial charge in [0.05, 0.1) is 17.6 Å². The molecule has 0 fully saturated rings. The van der Waals surface area contributed by atoms with E-state index in [2.05, 4.69) is 4.74 Å². The van der Waals surface area contributed by atoms with Gasteiger partial charge in [-0.3, -0.25) is 0 Å². The van der Waals surface area contributed by atoms with Crippen molar-refractivity contribution in [3.63, 3.8) is 0 Å². The van der Waals surface area contributed by atoms with Gasteiger partial charge in [0.25, 0.3) is 0 Å². The minimum atomic E-state index is -4.57. The van der Waals surface area contributed by atoms with Gasteiger partial charge in [0, 0.05) is 0 Å². The zero-order valence-corrected chi connectivity index (χ0v) is 8.35. The van der Waals surface area contributed by atoms with Crippen molar-refractivity contribution < 1.29 is 26.7 Å². The Bertz CT molecular complexity index is 389. The van der Waals surface area contributed by atoms with Crippen molar-refractivity contribution in [1.29, 1.82) is 0 Å². The first-order valence-corrected chi connectivity index (χ1v) is 4.82. The Morgan fingerprint density at radius 2 is 1.93 bits per heavy atom. The molecule has 1 atom stereocenters. The summed E-state index contributed by atoms with van der Waals surface area (Å²) in [6.45, 7) is 0. The van der Waals surface area contributed by atoms with Crippen LogP contribution in [0.5, 0.6) is 5.75 Å². The lowest BCUT2D eigenvalue weighted by atomic mass is 10.2. The number of halogens is 3. The van der Waals surface area contributed by atoms with Crippen LogP contribution >= 0.6 is 0 Å². The highest BCUT2D eigenvalue weighted by atomic mass is 32.2. The van der Waals surface area contributed by atoms with E-state index < -0.39 is 22.8 Å². The first-order valence-electron chi connectivity index (χ1n) is 3.71. The smallest absolute Gasteiger partial charge is 0.416 e. The van der Waals surface area contributed by atoms with Crippen molar-refractivity contribution in [3.05, 3.63) is 23.8 Å². The van der Waals surface area contributed by atoms with Crippen molar-refractivity contribution in [2.24, 2.45) is 0 Å². The third-order valence-corrected chi connectivity index (χ3v) is 2.28. The monoisotopic (exact) mass is 240 g/mol. The van der Waals surface area contributed by atoms with Crippen LogP contribution in [-0.4, -0.2) is 15.9 Å². The lowest BCUT2D eigenvalue weighted by Gasteiger charge is -2.09. The SMILES string of the molecule is COc1cc(S(=O)O)cc(C(F)(F)F)c1. The second-order valence-corrected chi connectivity index (χ2v) is 3.61. The van der Waals surface area contributed by atoms with Gasteiger partial charge in [-0.05, 0) is 18.2 Å². The van der Waals surface area contributed by atoms with E-state index in [4.69, 9.17) is 4.55 Å². The summed E-state index contributed by atoms with van der Waals surface area (Å²) in [5.74, 6) is -0.109. The first kappa shape index (κ1) is 12.0. The second kappa shape index (κ2) is 4.19. The fourth-order valence-corrected chi connectivity index (χ4v) is 1.40. The Morgan fingerprint density at radius 3 is 2.33 bits per heavy atom. The molecule has 0 radical (unpaired) electrons. The normalized spacial score (nSPS) is 13.7. The standard InChI is InChI=1S/C8H7F3O3S/c1-14-6-2-5(8(9,10)11)3-7(4-6)15(12)13/h2-4H,1H3,(H,12,13). The summed E-state index contributed by atoms with van der Waals surface area (Å²) >= 11 is -2.47. The number of ether oxygens (including phenoxy) is 1. The predicted molar refractivity (Wildman–Crippen MR) is 47.0 cm³/mol. The van der Waals surface area contributed by atoms with E-state index in [0.29, 0.717) is 6.07 Å². The van der Waals surface area contributed by atoms with E-state index in [-0.39, 0.29) is 10.6 Å². The van der Waals surface area contributed by atoms with Gasteiger partial charge in [-0.2, -0.15) is 13.2 Å². The molecule has 0 aliphatic heterocycles. The van der Waals surface area contributed by atoms with E-state index in [1.165, 1.54) is 7.11 Å². The minimum absolute atomic E-state index is 0.109. The molecule has 1 rings (SSSR count). The number of alkyl halides is 3. The molecule has 0 aliphatic rings. The van der Waals surface area contributed by atoms with Crippen LogP contribution in [-0.2, 0) is 17.3 Å². The van der Waals surface area contributed by atoms with Crippen molar-refractivity contribution in [2.75, 3.05) is 7.11 Å². The van der Waals surface area contributed by atoms with Crippen LogP contribution in [0.4, 0.5) is 13.2 Å². The fraction of sp³-hybridized carbons (Fsp3) is 0.250. The van der Waals surface area contributed by atoms with Crippen LogP contribution in [0.15, 0.2) is 23.1 Å². The Hall–Kier alpha value is -1.08. The van der Waals surface area contributed by atoms with Crippen LogP contribution in [0.3, 0.4) is 0 Å². The summed E-state index contributed by atoms with van der Waals surface area (Å²) in [5, 5.41) is 0. The van der Waals surface area contributed by atoms with Crippen molar-refractivity contribution in [3.8, 4) is 5.75 Å². The molecule has 7 heteroatoms. The molecule has 0 heterocycles. The van der Waals surface area contributed by atoms with Gasteiger partial charge in [0.2, 0.25) is 0 Å². The number of hydrogen-bond donors (Lipinski definition) is 1. The summed E-state index contributed by atoms with van der Waals surface area (Å²) in [4.78, 5) is -0.346. The Morgan fingerprint density at radius 1 is 1.33 bits per heavy atom. The Labute approximate surface area is 86.1 Å². The summed E-state index contributed by atoms with van der Waals surface area (Å²) in [6.07, 6.45) is -4.57. The molecular formula is C8H7F3O3S. The molecule has 1 aromatic rings. The minimum Gasteiger partial charge on any atom is -0.497 e. The van der Waals surface area contributed by atoms with Crippen LogP contribution in [0.25, 0.3) is 0 Å². The molecule has 1 aromatic carbocycles. The molecule has 1 N–H and O–H groups in total. The predicted octanol–water partition coefficient (Wildman–Crippen LogP) is 2.29. The largest absolute Gasteiger partial charge is 0.497 e. The zero-order chi connectivity index (χ0) is 11.6. The van der Waals surface area contributed by atoms with E-state index >= 15 is 0 Å². The molecule has 1 unspecified atom stereocenters. The number of rotatable bonds is 2. The zero-order valence-electron chi connectivity index (χ0n) is 7.54. The van der Waals surface area contributed by atoms with Gasteiger partial charge in [0.15, 0.2) is 11.1 Å². The highest BCUT2D eigenvalue weighted by Crippen LogP contribution is 2.33. The molecular weight excluding hydrogens is 233 g/mol. The summed E-state index contributed by atoms with van der Waals surface area (Å²) in [6, 6.07) is 2.44. The summed E-state index contributed by atoms with van der Waals surface area (Å²) in [5.41, 5.74) is -1.01. The van der Waals surface area contributed by atoms with Crippen LogP contribution in [0.2, 0.25) is 0 Å². The molecule has 15 heavy (non-hydrogen) atoms. The lowest BCUT2D eigenvalue weighted by Crippen LogP contribution is -2.06. The van der Waals surface area contributed by atoms with Gasteiger partial charge in [-0.15, -0.1) is 0 Å². The van der Waals surface area contributed by atoms with E-state index in [9.17, 15) is 17.4 Å². The molecule has 0 aromatic heterocycles. The Kier molecular flexibility index (Phi) is 3.35. The van der Waals surface area contributed by atoms with Crippen molar-refractivity contribution >= 4 is 11.1 Å². The van der Waals surface area contributed by atoms with E-state index in [0.717, 1.165) is 12.1 Å². The van der Waals surface area contributed by atoms with Gasteiger partial charge < -0.3 is 9.29 Å². The molecule has 84 valence electrons. The summed E-state index contributed by atoms with van der Waals surface area (Å²) < 4.78 is 60.8. The van der Waals surface area contributed by atoms with Gasteiger partial charge >= 0.3 is 6.18 Å². The third kappa shape index (κ3) is 2.93. The molecule has 0 saturated carbocycles. The van der Waals surface area contributed by atoms with Crippen LogP contribution in [0, 0.1) is 0 Å². The number of hydrogen-bond acceptors (Lipinski definition) is 2. The number of benzene rings is 1. The lowest BCUT2D eigenvalue weighted by molar-refractivity contribution is -0.137. The topological polar surface area (TPSA) is 46.5 Å². The van der Waals surface area contributed by atoms with Gasteiger partial charge in [0.1, 0.15) is 5.75 Å². The van der Waals surface area contributed by atoms with Gasteiger partial charge in [-0.25, -0.2) is 4.21 Å². The molecule has 0 aliphatic carbocycles. The second-order valence-electron chi connectivity index (χ2n) is 2.64. The quantitative estimate of drug-likeness (QED) is 0.807. The maximum atomic E-state index is 12.3. The maximum Gasteiger partial charge on any atom is 0.416 e. The van der Waals surface area contributed by atoms with Crippen molar-refractivity contribution in [1.82, 2.24) is 0 Å². The molecule has 0 bridgehead atoms. The number of methoxy groups -OCH3 is 1. The average Bonchev–Trinajstić information content (AvgIpc) is 2.15. The van der Waals surface area contributed by atoms with Gasteiger partial charge in [-0.1, -0.05) is 0 Å². The maximum absolute atomic E-state index is 12.3. The molecule has 3 nitrogen and oxygen atoms in total. The average molecular weight is 240 g/mol. The first-order chi connectivity index (χ1) is 6.84. The Balaban J connectivity index is 3.30. The third-order valence-electron chi connectivity index (χ3n) is 1.64. The molecule has 0 saturated heterocycles. The highest BCUT2D eigenvalue weighted by molar-refractivity contribution is 7.79. The van der Waals surface area contributed by atoms with Crippen LogP contribution < -0.4 is 4.74 Å². The highest BCUT2D eigenvalue weighted by Gasteiger charge is 2.31. The molecule has 0 amide bonds.